The molecule has 7 heteroatoms. The van der Waals surface area contributed by atoms with Gasteiger partial charge in [0.15, 0.2) is 0 Å². The molecule has 0 spiro atoms. The van der Waals surface area contributed by atoms with Crippen molar-refractivity contribution in [3.8, 4) is 0 Å². The van der Waals surface area contributed by atoms with Gasteiger partial charge in [0.05, 0.1) is 11.9 Å². The quantitative estimate of drug-likeness (QED) is 0.862. The van der Waals surface area contributed by atoms with E-state index in [1.54, 1.807) is 12.3 Å². The number of H-pyrrole nitrogens is 1. The third-order valence-corrected chi connectivity index (χ3v) is 2.69. The van der Waals surface area contributed by atoms with Gasteiger partial charge >= 0.3 is 0 Å². The van der Waals surface area contributed by atoms with E-state index in [1.807, 2.05) is 32.0 Å². The smallest absolute Gasteiger partial charge is 0.295 e. The molecule has 2 heterocycles. The number of aryl methyl sites for hydroxylation is 1. The van der Waals surface area contributed by atoms with E-state index in [9.17, 15) is 4.79 Å². The minimum Gasteiger partial charge on any atom is -0.363 e. The molecule has 2 aromatic rings. The summed E-state index contributed by atoms with van der Waals surface area (Å²) in [6, 6.07) is 3.62. The molecule has 7 nitrogen and oxygen atoms in total. The van der Waals surface area contributed by atoms with Crippen LogP contribution in [0.2, 0.25) is 0 Å². The Morgan fingerprint density at radius 1 is 1.40 bits per heavy atom. The third kappa shape index (κ3) is 3.31. The Hall–Kier alpha value is -2.44. The van der Waals surface area contributed by atoms with Gasteiger partial charge in [0.1, 0.15) is 11.6 Å². The van der Waals surface area contributed by atoms with Crippen LogP contribution in [-0.2, 0) is 6.42 Å². The predicted molar refractivity (Wildman–Crippen MR) is 76.9 cm³/mol. The number of aromatic amines is 1. The topological polar surface area (TPSA) is 86.8 Å². The highest BCUT2D eigenvalue weighted by Crippen LogP contribution is 2.12. The van der Waals surface area contributed by atoms with Crippen LogP contribution in [0, 0.1) is 0 Å². The molecular weight excluding hydrogens is 256 g/mol. The molecule has 0 unspecified atom stereocenters. The number of carbonyl (C=O) groups is 1. The second-order valence-corrected chi connectivity index (χ2v) is 4.61. The third-order valence-electron chi connectivity index (χ3n) is 2.69. The second-order valence-electron chi connectivity index (χ2n) is 4.61. The number of aromatic nitrogens is 4. The van der Waals surface area contributed by atoms with E-state index in [0.717, 1.165) is 24.5 Å². The van der Waals surface area contributed by atoms with Gasteiger partial charge in [-0.1, -0.05) is 6.92 Å². The molecule has 0 aromatic carbocycles. The van der Waals surface area contributed by atoms with Crippen LogP contribution in [-0.4, -0.2) is 40.2 Å². The number of nitrogens with one attached hydrogen (secondary N) is 2. The van der Waals surface area contributed by atoms with Crippen molar-refractivity contribution in [3.05, 3.63) is 30.0 Å². The van der Waals surface area contributed by atoms with E-state index in [2.05, 4.69) is 25.5 Å². The van der Waals surface area contributed by atoms with Gasteiger partial charge in [-0.05, 0) is 18.6 Å². The summed E-state index contributed by atoms with van der Waals surface area (Å²) in [5.74, 6) is 1.35. The van der Waals surface area contributed by atoms with E-state index < -0.39 is 0 Å². The Labute approximate surface area is 117 Å². The van der Waals surface area contributed by atoms with Crippen LogP contribution >= 0.6 is 0 Å². The summed E-state index contributed by atoms with van der Waals surface area (Å²) < 4.78 is 0. The summed E-state index contributed by atoms with van der Waals surface area (Å²) in [5.41, 5.74) is 0.613. The van der Waals surface area contributed by atoms with Gasteiger partial charge in [-0.2, -0.15) is 0 Å². The number of pyridine rings is 1. The van der Waals surface area contributed by atoms with Crippen molar-refractivity contribution >= 4 is 17.4 Å². The van der Waals surface area contributed by atoms with Crippen molar-refractivity contribution in [1.82, 2.24) is 20.2 Å². The summed E-state index contributed by atoms with van der Waals surface area (Å²) in [6.07, 6.45) is 3.33. The van der Waals surface area contributed by atoms with Gasteiger partial charge in [-0.3, -0.25) is 9.89 Å². The fraction of sp³-hybridized carbons (Fsp3) is 0.385. The van der Waals surface area contributed by atoms with Crippen molar-refractivity contribution in [2.75, 3.05) is 24.3 Å². The average molecular weight is 274 g/mol. The van der Waals surface area contributed by atoms with Gasteiger partial charge in [-0.15, -0.1) is 5.10 Å². The van der Waals surface area contributed by atoms with E-state index in [1.165, 1.54) is 0 Å². The molecule has 1 amide bonds. The molecule has 0 aliphatic rings. The Kier molecular flexibility index (Phi) is 4.29. The first-order valence-electron chi connectivity index (χ1n) is 6.46. The summed E-state index contributed by atoms with van der Waals surface area (Å²) in [5, 5.41) is 9.37. The van der Waals surface area contributed by atoms with Crippen LogP contribution in [0.5, 0.6) is 0 Å². The molecule has 0 atom stereocenters. The highest BCUT2D eigenvalue weighted by atomic mass is 16.2. The first-order valence-corrected chi connectivity index (χ1v) is 6.46. The zero-order valence-corrected chi connectivity index (χ0v) is 11.8. The number of nitrogens with zero attached hydrogens (tertiary/aromatic N) is 4. The molecule has 106 valence electrons. The number of hydrogen-bond donors (Lipinski definition) is 2. The molecule has 2 N–H and O–H groups in total. The Morgan fingerprint density at radius 2 is 2.20 bits per heavy atom. The lowest BCUT2D eigenvalue weighted by atomic mass is 10.3. The van der Waals surface area contributed by atoms with Crippen LogP contribution in [0.15, 0.2) is 18.3 Å². The van der Waals surface area contributed by atoms with E-state index in [-0.39, 0.29) is 11.7 Å². The maximum atomic E-state index is 12.0. The fourth-order valence-electron chi connectivity index (χ4n) is 1.66. The maximum absolute atomic E-state index is 12.0. The summed E-state index contributed by atoms with van der Waals surface area (Å²) in [6.45, 7) is 2.04. The average Bonchev–Trinajstić information content (AvgIpc) is 2.88. The highest BCUT2D eigenvalue weighted by Gasteiger charge is 2.12. The van der Waals surface area contributed by atoms with Crippen LogP contribution in [0.3, 0.4) is 0 Å². The van der Waals surface area contributed by atoms with Gasteiger partial charge in [0.2, 0.25) is 5.82 Å². The largest absolute Gasteiger partial charge is 0.363 e. The van der Waals surface area contributed by atoms with Crippen LogP contribution in [0.4, 0.5) is 11.5 Å². The van der Waals surface area contributed by atoms with Crippen LogP contribution in [0.25, 0.3) is 0 Å². The van der Waals surface area contributed by atoms with Crippen molar-refractivity contribution in [2.45, 2.75) is 19.8 Å². The zero-order valence-electron chi connectivity index (χ0n) is 11.8. The normalized spacial score (nSPS) is 10.3. The Bertz CT molecular complexity index is 575. The summed E-state index contributed by atoms with van der Waals surface area (Å²) in [4.78, 5) is 22.2. The zero-order chi connectivity index (χ0) is 14.5. The van der Waals surface area contributed by atoms with Crippen LogP contribution in [0.1, 0.15) is 29.8 Å². The monoisotopic (exact) mass is 274 g/mol. The summed E-state index contributed by atoms with van der Waals surface area (Å²) >= 11 is 0. The van der Waals surface area contributed by atoms with E-state index in [4.69, 9.17) is 0 Å². The standard InChI is InChI=1S/C13H18N6O/c1-4-5-10-16-12(18-17-10)13(20)15-9-6-7-11(14-8-9)19(2)3/h6-8H,4-5H2,1-3H3,(H,15,20)(H,16,17,18). The number of carbonyl (C=O) groups excluding carboxylic acids is 1. The first-order chi connectivity index (χ1) is 9.60. The minimum absolute atomic E-state index is 0.144. The Balaban J connectivity index is 2.03. The Morgan fingerprint density at radius 3 is 2.80 bits per heavy atom. The van der Waals surface area contributed by atoms with Crippen molar-refractivity contribution in [1.29, 1.82) is 0 Å². The number of hydrogen-bond acceptors (Lipinski definition) is 5. The van der Waals surface area contributed by atoms with Crippen LogP contribution < -0.4 is 10.2 Å². The molecule has 0 aliphatic carbocycles. The number of rotatable bonds is 5. The molecule has 2 aromatic heterocycles. The van der Waals surface area contributed by atoms with Gasteiger partial charge in [0.25, 0.3) is 5.91 Å². The molecule has 2 rings (SSSR count). The molecule has 0 saturated carbocycles. The minimum atomic E-state index is -0.344. The molecule has 0 radical (unpaired) electrons. The molecule has 0 fully saturated rings. The molecular formula is C13H18N6O. The van der Waals surface area contributed by atoms with E-state index >= 15 is 0 Å². The van der Waals surface area contributed by atoms with Gasteiger partial charge in [-0.25, -0.2) is 9.97 Å². The predicted octanol–water partition coefficient (Wildman–Crippen LogP) is 1.47. The molecule has 20 heavy (non-hydrogen) atoms. The first kappa shape index (κ1) is 14.0. The fourth-order valence-corrected chi connectivity index (χ4v) is 1.66. The van der Waals surface area contributed by atoms with Crippen molar-refractivity contribution in [2.24, 2.45) is 0 Å². The molecule has 0 aliphatic heterocycles. The van der Waals surface area contributed by atoms with Gasteiger partial charge < -0.3 is 10.2 Å². The van der Waals surface area contributed by atoms with Gasteiger partial charge in [0, 0.05) is 20.5 Å². The van der Waals surface area contributed by atoms with Crippen molar-refractivity contribution in [3.63, 3.8) is 0 Å². The molecule has 0 saturated heterocycles. The van der Waals surface area contributed by atoms with E-state index in [0.29, 0.717) is 5.69 Å². The lowest BCUT2D eigenvalue weighted by Gasteiger charge is -2.11. The number of anilines is 2. The maximum Gasteiger partial charge on any atom is 0.295 e. The SMILES string of the molecule is CCCc1nc(C(=O)Nc2ccc(N(C)C)nc2)n[nH]1. The lowest BCUT2D eigenvalue weighted by molar-refractivity contribution is 0.101. The second kappa shape index (κ2) is 6.14. The van der Waals surface area contributed by atoms with Crippen molar-refractivity contribution < 1.29 is 4.79 Å². The highest BCUT2D eigenvalue weighted by molar-refractivity contribution is 6.01. The molecule has 0 bridgehead atoms. The number of amides is 1. The lowest BCUT2D eigenvalue weighted by Crippen LogP contribution is -2.15. The summed E-state index contributed by atoms with van der Waals surface area (Å²) in [7, 11) is 3.81.